The molecule has 0 rings (SSSR count). The molecule has 0 bridgehead atoms. The Hall–Kier alpha value is 3.13. The molecule has 6 nitrogen and oxygen atoms in total. The second kappa shape index (κ2) is 13.2. The first-order chi connectivity index (χ1) is 4.46. The molecular formula is C4H5K2NaO6. The van der Waals surface area contributed by atoms with E-state index in [1.807, 2.05) is 0 Å². The summed E-state index contributed by atoms with van der Waals surface area (Å²) in [4.78, 5) is 19.3. The maximum atomic E-state index is 9.63. The van der Waals surface area contributed by atoms with Crippen LogP contribution < -0.4 is 113 Å². The van der Waals surface area contributed by atoms with Gasteiger partial charge in [0, 0.05) is 0 Å². The Morgan fingerprint density at radius 3 is 1.15 bits per heavy atom. The summed E-state index contributed by atoms with van der Waals surface area (Å²) in [6.07, 6.45) is -4.88. The van der Waals surface area contributed by atoms with Crippen molar-refractivity contribution in [3.8, 4) is 0 Å². The van der Waals surface area contributed by atoms with Crippen molar-refractivity contribution < 1.29 is 133 Å². The fraction of sp³-hybridized carbons (Fsp3) is 0.500. The molecule has 0 amide bonds. The third-order valence-electron chi connectivity index (χ3n) is 0.782. The van der Waals surface area contributed by atoms with Crippen LogP contribution in [0.2, 0.25) is 0 Å². The first-order valence-corrected chi connectivity index (χ1v) is 2.24. The molecule has 0 aliphatic heterocycles. The monoisotopic (exact) mass is 250 g/mol. The Labute approximate surface area is 182 Å². The number of carboxylic acids is 2. The summed E-state index contributed by atoms with van der Waals surface area (Å²) in [5.74, 6) is -4.12. The Bertz CT molecular complexity index is 147. The molecule has 0 spiro atoms. The molecule has 9 heteroatoms. The van der Waals surface area contributed by atoms with E-state index in [0.717, 1.165) is 0 Å². The number of aliphatic hydroxyl groups is 2. The predicted octanol–water partition coefficient (Wildman–Crippen LogP) is -11.4. The van der Waals surface area contributed by atoms with Crippen LogP contribution in [0.15, 0.2) is 0 Å². The van der Waals surface area contributed by atoms with Gasteiger partial charge in [-0.3, -0.25) is 0 Å². The molecule has 0 aromatic rings. The van der Waals surface area contributed by atoms with Crippen molar-refractivity contribution in [2.45, 2.75) is 12.2 Å². The summed E-state index contributed by atoms with van der Waals surface area (Å²) in [6.45, 7) is 0. The van der Waals surface area contributed by atoms with Crippen LogP contribution >= 0.6 is 0 Å². The zero-order valence-electron chi connectivity index (χ0n) is 6.68. The van der Waals surface area contributed by atoms with Crippen molar-refractivity contribution in [1.82, 2.24) is 0 Å². The van der Waals surface area contributed by atoms with Gasteiger partial charge in [-0.05, 0) is 0 Å². The second-order valence-electron chi connectivity index (χ2n) is 1.53. The summed E-state index contributed by atoms with van der Waals surface area (Å²) in [7, 11) is 0. The molecule has 13 heavy (non-hydrogen) atoms. The molecule has 0 saturated carbocycles. The van der Waals surface area contributed by atoms with E-state index in [4.69, 9.17) is 10.2 Å². The van der Waals surface area contributed by atoms with Gasteiger partial charge < -0.3 is 30.0 Å². The van der Waals surface area contributed by atoms with Gasteiger partial charge >= 0.3 is 132 Å². The molecule has 0 fully saturated rings. The van der Waals surface area contributed by atoms with E-state index < -0.39 is 24.1 Å². The fourth-order valence-electron chi connectivity index (χ4n) is 0.258. The van der Waals surface area contributed by atoms with Crippen LogP contribution in [0.3, 0.4) is 0 Å². The molecule has 60 valence electrons. The van der Waals surface area contributed by atoms with Crippen molar-refractivity contribution in [3.05, 3.63) is 0 Å². The van der Waals surface area contributed by atoms with E-state index in [2.05, 4.69) is 0 Å². The SMILES string of the molecule is O=C([O-])C(O)C(O)C(=O)[O-].[K+].[K+].[NaH]. The number of hydrogen-bond acceptors (Lipinski definition) is 6. The van der Waals surface area contributed by atoms with Gasteiger partial charge in [0.25, 0.3) is 0 Å². The molecule has 0 aromatic carbocycles. The third kappa shape index (κ3) is 11.4. The van der Waals surface area contributed by atoms with E-state index in [-0.39, 0.29) is 132 Å². The topological polar surface area (TPSA) is 121 Å². The molecule has 0 radical (unpaired) electrons. The standard InChI is InChI=1S/C4H6O6.2K.Na.H/c5-1(3(7)8)2(6)4(9)10;;;;/h1-2,5-6H,(H,7,8)(H,9,10);;;;/q;2*+1;;/p-2. The van der Waals surface area contributed by atoms with Gasteiger partial charge in [0.15, 0.2) is 0 Å². The molecule has 0 saturated heterocycles. The van der Waals surface area contributed by atoms with Crippen molar-refractivity contribution in [2.75, 3.05) is 0 Å². The Morgan fingerprint density at radius 2 is 1.08 bits per heavy atom. The zero-order valence-corrected chi connectivity index (χ0v) is 12.9. The first kappa shape index (κ1) is 25.1. The summed E-state index contributed by atoms with van der Waals surface area (Å²) >= 11 is 0. The van der Waals surface area contributed by atoms with Gasteiger partial charge in [0.05, 0.1) is 11.9 Å². The Kier molecular flexibility index (Phi) is 25.5. The van der Waals surface area contributed by atoms with Crippen LogP contribution in [0.4, 0.5) is 0 Å². The van der Waals surface area contributed by atoms with Crippen molar-refractivity contribution in [3.63, 3.8) is 0 Å². The first-order valence-electron chi connectivity index (χ1n) is 2.24. The third-order valence-corrected chi connectivity index (χ3v) is 0.782. The summed E-state index contributed by atoms with van der Waals surface area (Å²) in [6, 6.07) is 0. The molecule has 0 heterocycles. The zero-order chi connectivity index (χ0) is 8.31. The van der Waals surface area contributed by atoms with Crippen LogP contribution in [0.1, 0.15) is 0 Å². The second-order valence-corrected chi connectivity index (χ2v) is 1.53. The summed E-state index contributed by atoms with van der Waals surface area (Å²) in [5, 5.41) is 35.7. The van der Waals surface area contributed by atoms with Gasteiger partial charge in [-0.15, -0.1) is 0 Å². The number of carbonyl (C=O) groups is 2. The predicted molar refractivity (Wildman–Crippen MR) is 29.2 cm³/mol. The number of rotatable bonds is 3. The van der Waals surface area contributed by atoms with Gasteiger partial charge in [0.1, 0.15) is 12.2 Å². The van der Waals surface area contributed by atoms with E-state index >= 15 is 0 Å². The van der Waals surface area contributed by atoms with Crippen molar-refractivity contribution >= 4 is 41.5 Å². The number of aliphatic carboxylic acids is 2. The molecule has 0 aliphatic rings. The van der Waals surface area contributed by atoms with Crippen LogP contribution in [0.25, 0.3) is 0 Å². The minimum atomic E-state index is -2.44. The normalized spacial score (nSPS) is 12.2. The molecule has 2 N–H and O–H groups in total. The van der Waals surface area contributed by atoms with Crippen LogP contribution in [-0.2, 0) is 9.59 Å². The van der Waals surface area contributed by atoms with Crippen molar-refractivity contribution in [2.24, 2.45) is 0 Å². The summed E-state index contributed by atoms with van der Waals surface area (Å²) < 4.78 is 0. The van der Waals surface area contributed by atoms with E-state index in [1.165, 1.54) is 0 Å². The van der Waals surface area contributed by atoms with E-state index in [1.54, 1.807) is 0 Å². The number of hydrogen-bond donors (Lipinski definition) is 2. The fourth-order valence-corrected chi connectivity index (χ4v) is 0.258. The average Bonchev–Trinajstić information content (AvgIpc) is 1.84. The molecule has 0 aliphatic carbocycles. The molecule has 2 atom stereocenters. The van der Waals surface area contributed by atoms with Crippen LogP contribution in [0, 0.1) is 0 Å². The number of carbonyl (C=O) groups excluding carboxylic acids is 2. The molecular weight excluding hydrogens is 245 g/mol. The van der Waals surface area contributed by atoms with Crippen LogP contribution in [-0.4, -0.2) is 63.9 Å². The van der Waals surface area contributed by atoms with Crippen LogP contribution in [0.5, 0.6) is 0 Å². The van der Waals surface area contributed by atoms with Crippen molar-refractivity contribution in [1.29, 1.82) is 0 Å². The number of carboxylic acid groups (broad SMARTS) is 2. The van der Waals surface area contributed by atoms with E-state index in [0.29, 0.717) is 0 Å². The Morgan fingerprint density at radius 1 is 0.923 bits per heavy atom. The quantitative estimate of drug-likeness (QED) is 0.480. The Balaban J connectivity index is -0.000000135. The minimum absolute atomic E-state index is 0. The van der Waals surface area contributed by atoms with Gasteiger partial charge in [-0.2, -0.15) is 0 Å². The number of aliphatic hydroxyl groups excluding tert-OH is 2. The van der Waals surface area contributed by atoms with Gasteiger partial charge in [0.2, 0.25) is 0 Å². The maximum absolute atomic E-state index is 9.63. The van der Waals surface area contributed by atoms with Gasteiger partial charge in [-0.1, -0.05) is 0 Å². The van der Waals surface area contributed by atoms with Gasteiger partial charge in [-0.25, -0.2) is 0 Å². The average molecular weight is 250 g/mol. The summed E-state index contributed by atoms with van der Waals surface area (Å²) in [5.41, 5.74) is 0. The molecule has 0 aromatic heterocycles. The molecule has 2 unspecified atom stereocenters. The van der Waals surface area contributed by atoms with E-state index in [9.17, 15) is 19.8 Å².